The molecule has 2 aromatic rings. The number of hydrogen-bond acceptors (Lipinski definition) is 3. The number of benzene rings is 2. The molecule has 2 aromatic carbocycles. The summed E-state index contributed by atoms with van der Waals surface area (Å²) < 4.78 is 0. The van der Waals surface area contributed by atoms with Crippen LogP contribution in [0.15, 0.2) is 47.4 Å². The van der Waals surface area contributed by atoms with Crippen LogP contribution in [0.1, 0.15) is 10.4 Å². The largest absolute Gasteiger partial charge is 0.399 e. The first-order valence-electron chi connectivity index (χ1n) is 6.25. The van der Waals surface area contributed by atoms with Crippen LogP contribution in [-0.2, 0) is 0 Å². The number of thioether (sulfide) groups is 1. The molecule has 1 amide bonds. The second-order valence-corrected chi connectivity index (χ2v) is 6.12. The zero-order chi connectivity index (χ0) is 14.1. The smallest absolute Gasteiger partial charge is 0.258 e. The minimum absolute atomic E-state index is 0.0420. The molecule has 0 saturated carbocycles. The Morgan fingerprint density at radius 1 is 1.25 bits per heavy atom. The molecular formula is C15H13ClN2OS. The quantitative estimate of drug-likeness (QED) is 0.818. The van der Waals surface area contributed by atoms with Crippen molar-refractivity contribution >= 4 is 40.6 Å². The van der Waals surface area contributed by atoms with Gasteiger partial charge in [-0.2, -0.15) is 0 Å². The summed E-state index contributed by atoms with van der Waals surface area (Å²) in [5.41, 5.74) is 7.98. The molecule has 3 nitrogen and oxygen atoms in total. The number of anilines is 2. The van der Waals surface area contributed by atoms with Gasteiger partial charge in [0.25, 0.3) is 5.91 Å². The van der Waals surface area contributed by atoms with Crippen molar-refractivity contribution in [1.82, 2.24) is 0 Å². The summed E-state index contributed by atoms with van der Waals surface area (Å²) in [7, 11) is 0. The number of nitrogens with zero attached hydrogens (tertiary/aromatic N) is 1. The fourth-order valence-corrected chi connectivity index (χ4v) is 3.39. The number of nitrogens with two attached hydrogens (primary N) is 1. The van der Waals surface area contributed by atoms with E-state index < -0.39 is 0 Å². The lowest BCUT2D eigenvalue weighted by molar-refractivity contribution is 0.0987. The molecule has 0 bridgehead atoms. The normalized spacial score (nSPS) is 13.9. The first-order chi connectivity index (χ1) is 9.65. The first kappa shape index (κ1) is 13.3. The Hall–Kier alpha value is -1.65. The van der Waals surface area contributed by atoms with Gasteiger partial charge in [-0.25, -0.2) is 0 Å². The Morgan fingerprint density at radius 2 is 2.10 bits per heavy atom. The van der Waals surface area contributed by atoms with Crippen LogP contribution in [0.2, 0.25) is 5.02 Å². The van der Waals surface area contributed by atoms with Gasteiger partial charge in [-0.1, -0.05) is 17.7 Å². The van der Waals surface area contributed by atoms with Gasteiger partial charge in [0.1, 0.15) is 0 Å². The monoisotopic (exact) mass is 304 g/mol. The summed E-state index contributed by atoms with van der Waals surface area (Å²) in [6.07, 6.45) is 0. The van der Waals surface area contributed by atoms with Crippen LogP contribution in [0.5, 0.6) is 0 Å². The van der Waals surface area contributed by atoms with Crippen LogP contribution in [0.4, 0.5) is 11.4 Å². The van der Waals surface area contributed by atoms with E-state index in [0.29, 0.717) is 22.8 Å². The van der Waals surface area contributed by atoms with Gasteiger partial charge in [-0.05, 0) is 36.4 Å². The third-order valence-corrected chi connectivity index (χ3v) is 4.44. The van der Waals surface area contributed by atoms with Crippen LogP contribution in [0, 0.1) is 0 Å². The molecule has 1 aliphatic heterocycles. The second-order valence-electron chi connectivity index (χ2n) is 4.54. The summed E-state index contributed by atoms with van der Waals surface area (Å²) >= 11 is 7.70. The molecule has 0 atom stereocenters. The maximum absolute atomic E-state index is 12.6. The van der Waals surface area contributed by atoms with Gasteiger partial charge in [-0.3, -0.25) is 4.79 Å². The third kappa shape index (κ3) is 2.49. The second kappa shape index (κ2) is 5.38. The molecule has 5 heteroatoms. The summed E-state index contributed by atoms with van der Waals surface area (Å²) in [5.74, 6) is 0.836. The van der Waals surface area contributed by atoms with Crippen molar-refractivity contribution in [3.8, 4) is 0 Å². The minimum atomic E-state index is -0.0420. The van der Waals surface area contributed by atoms with Crippen molar-refractivity contribution in [2.24, 2.45) is 0 Å². The topological polar surface area (TPSA) is 46.3 Å². The van der Waals surface area contributed by atoms with Gasteiger partial charge in [0.15, 0.2) is 0 Å². The molecule has 2 N–H and O–H groups in total. The molecule has 0 radical (unpaired) electrons. The predicted molar refractivity (Wildman–Crippen MR) is 84.7 cm³/mol. The van der Waals surface area contributed by atoms with Crippen molar-refractivity contribution in [2.45, 2.75) is 4.90 Å². The van der Waals surface area contributed by atoms with E-state index in [9.17, 15) is 4.79 Å². The number of carbonyl (C=O) groups excluding carboxylic acids is 1. The lowest BCUT2D eigenvalue weighted by Gasteiger charge is -2.29. The van der Waals surface area contributed by atoms with Crippen molar-refractivity contribution in [3.63, 3.8) is 0 Å². The van der Waals surface area contributed by atoms with Crippen LogP contribution in [0.25, 0.3) is 0 Å². The minimum Gasteiger partial charge on any atom is -0.399 e. The Balaban J connectivity index is 2.00. The molecule has 0 aromatic heterocycles. The average Bonchev–Trinajstić information content (AvgIpc) is 2.46. The van der Waals surface area contributed by atoms with E-state index in [2.05, 4.69) is 0 Å². The van der Waals surface area contributed by atoms with Gasteiger partial charge in [0.05, 0.1) is 5.69 Å². The van der Waals surface area contributed by atoms with E-state index >= 15 is 0 Å². The van der Waals surface area contributed by atoms with E-state index in [1.807, 2.05) is 18.2 Å². The van der Waals surface area contributed by atoms with Crippen molar-refractivity contribution in [3.05, 3.63) is 53.1 Å². The van der Waals surface area contributed by atoms with Gasteiger partial charge < -0.3 is 10.6 Å². The van der Waals surface area contributed by atoms with Crippen molar-refractivity contribution in [2.75, 3.05) is 22.9 Å². The number of fused-ring (bicyclic) bond motifs is 1. The third-order valence-electron chi connectivity index (χ3n) is 3.16. The molecular weight excluding hydrogens is 292 g/mol. The van der Waals surface area contributed by atoms with E-state index in [1.54, 1.807) is 40.9 Å². The molecule has 0 spiro atoms. The van der Waals surface area contributed by atoms with Gasteiger partial charge >= 0.3 is 0 Å². The molecule has 102 valence electrons. The van der Waals surface area contributed by atoms with Crippen LogP contribution in [0.3, 0.4) is 0 Å². The zero-order valence-corrected chi connectivity index (χ0v) is 12.2. The van der Waals surface area contributed by atoms with E-state index in [4.69, 9.17) is 17.3 Å². The fourth-order valence-electron chi connectivity index (χ4n) is 2.22. The maximum atomic E-state index is 12.6. The molecule has 0 saturated heterocycles. The van der Waals surface area contributed by atoms with E-state index in [1.165, 1.54) is 0 Å². The highest BCUT2D eigenvalue weighted by Crippen LogP contribution is 2.36. The summed E-state index contributed by atoms with van der Waals surface area (Å²) in [5, 5.41) is 0.565. The maximum Gasteiger partial charge on any atom is 0.258 e. The number of amides is 1. The zero-order valence-electron chi connectivity index (χ0n) is 10.7. The molecule has 0 aliphatic carbocycles. The molecule has 1 aliphatic rings. The van der Waals surface area contributed by atoms with Gasteiger partial charge in [0, 0.05) is 33.5 Å². The Bertz CT molecular complexity index is 675. The average molecular weight is 305 g/mol. The Morgan fingerprint density at radius 3 is 2.90 bits per heavy atom. The first-order valence-corrected chi connectivity index (χ1v) is 7.61. The van der Waals surface area contributed by atoms with Crippen molar-refractivity contribution in [1.29, 1.82) is 0 Å². The number of carbonyl (C=O) groups is 1. The highest BCUT2D eigenvalue weighted by atomic mass is 35.5. The number of rotatable bonds is 1. The summed E-state index contributed by atoms with van der Waals surface area (Å²) in [4.78, 5) is 15.5. The number of hydrogen-bond donors (Lipinski definition) is 1. The van der Waals surface area contributed by atoms with Crippen LogP contribution in [-0.4, -0.2) is 18.2 Å². The summed E-state index contributed by atoms with van der Waals surface area (Å²) in [6.45, 7) is 0.673. The lowest BCUT2D eigenvalue weighted by atomic mass is 10.1. The highest BCUT2D eigenvalue weighted by Gasteiger charge is 2.24. The van der Waals surface area contributed by atoms with E-state index in [-0.39, 0.29) is 5.91 Å². The molecule has 0 fully saturated rings. The predicted octanol–water partition coefficient (Wildman–Crippen LogP) is 3.67. The van der Waals surface area contributed by atoms with E-state index in [0.717, 1.165) is 16.3 Å². The summed E-state index contributed by atoms with van der Waals surface area (Å²) in [6, 6.07) is 12.7. The van der Waals surface area contributed by atoms with Crippen molar-refractivity contribution < 1.29 is 4.79 Å². The van der Waals surface area contributed by atoms with Crippen LogP contribution < -0.4 is 10.6 Å². The fraction of sp³-hybridized carbons (Fsp3) is 0.133. The van der Waals surface area contributed by atoms with Gasteiger partial charge in [0.2, 0.25) is 0 Å². The lowest BCUT2D eigenvalue weighted by Crippen LogP contribution is -2.35. The number of halogens is 1. The van der Waals surface area contributed by atoms with Gasteiger partial charge in [-0.15, -0.1) is 11.8 Å². The highest BCUT2D eigenvalue weighted by molar-refractivity contribution is 7.99. The Kier molecular flexibility index (Phi) is 3.59. The molecule has 20 heavy (non-hydrogen) atoms. The Labute approximate surface area is 126 Å². The molecule has 0 unspecified atom stereocenters. The molecule has 1 heterocycles. The SMILES string of the molecule is Nc1ccc2c(c1)N(C(=O)c1cccc(Cl)c1)CCS2. The molecule has 3 rings (SSSR count). The number of nitrogen functional groups attached to an aromatic ring is 1. The standard InChI is InChI=1S/C15H13ClN2OS/c16-11-3-1-2-10(8-11)15(19)18-6-7-20-14-5-4-12(17)9-13(14)18/h1-5,8-9H,6-7,17H2. The van der Waals surface area contributed by atoms with Crippen LogP contribution >= 0.6 is 23.4 Å².